The van der Waals surface area contributed by atoms with Crippen molar-refractivity contribution in [1.29, 1.82) is 0 Å². The number of methoxy groups -OCH3 is 1. The first-order valence-corrected chi connectivity index (χ1v) is 12.4. The van der Waals surface area contributed by atoms with E-state index < -0.39 is 0 Å². The number of nitrogens with zero attached hydrogens (tertiary/aromatic N) is 1. The van der Waals surface area contributed by atoms with Crippen molar-refractivity contribution in [2.24, 2.45) is 5.92 Å². The molecular weight excluding hydrogens is 428 g/mol. The summed E-state index contributed by atoms with van der Waals surface area (Å²) in [5, 5.41) is 3.19. The molecule has 2 aliphatic heterocycles. The lowest BCUT2D eigenvalue weighted by Crippen LogP contribution is -2.46. The first kappa shape index (κ1) is 24.1. The maximum Gasteiger partial charge on any atom is 0.222 e. The number of ether oxygens (including phenoxy) is 2. The molecule has 2 saturated heterocycles. The Morgan fingerprint density at radius 1 is 1.18 bits per heavy atom. The Morgan fingerprint density at radius 3 is 2.76 bits per heavy atom. The van der Waals surface area contributed by atoms with E-state index in [1.807, 2.05) is 41.3 Å². The SMILES string of the molecule is COc1cccc(C[C@@]2(CCC(=O)N3CCC[C@H](COc4cccc(C)c4)C3)CCC(=O)N2)c1. The van der Waals surface area contributed by atoms with Gasteiger partial charge in [0.05, 0.1) is 13.7 Å². The Balaban J connectivity index is 1.32. The lowest BCUT2D eigenvalue weighted by Gasteiger charge is -2.34. The normalized spacial score (nSPS) is 22.4. The van der Waals surface area contributed by atoms with Crippen molar-refractivity contribution in [2.45, 2.75) is 57.4 Å². The lowest BCUT2D eigenvalue weighted by atomic mass is 9.84. The second-order valence-corrected chi connectivity index (χ2v) is 9.83. The third-order valence-corrected chi connectivity index (χ3v) is 7.08. The first-order valence-electron chi connectivity index (χ1n) is 12.4. The molecule has 2 fully saturated rings. The third-order valence-electron chi connectivity index (χ3n) is 7.08. The summed E-state index contributed by atoms with van der Waals surface area (Å²) in [6.45, 7) is 4.22. The fourth-order valence-corrected chi connectivity index (χ4v) is 5.21. The zero-order valence-electron chi connectivity index (χ0n) is 20.3. The van der Waals surface area contributed by atoms with Crippen LogP contribution in [0.5, 0.6) is 11.5 Å². The minimum atomic E-state index is -0.372. The molecule has 0 radical (unpaired) electrons. The molecule has 0 unspecified atom stereocenters. The van der Waals surface area contributed by atoms with Crippen LogP contribution in [0.15, 0.2) is 48.5 Å². The average molecular weight is 465 g/mol. The highest BCUT2D eigenvalue weighted by Gasteiger charge is 2.38. The molecule has 2 amide bonds. The van der Waals surface area contributed by atoms with Crippen LogP contribution in [0.25, 0.3) is 0 Å². The molecule has 2 aromatic rings. The molecule has 1 N–H and O–H groups in total. The Morgan fingerprint density at radius 2 is 2.00 bits per heavy atom. The van der Waals surface area contributed by atoms with Crippen molar-refractivity contribution in [3.05, 3.63) is 59.7 Å². The van der Waals surface area contributed by atoms with Gasteiger partial charge in [-0.3, -0.25) is 9.59 Å². The number of nitrogens with one attached hydrogen (secondary N) is 1. The van der Waals surface area contributed by atoms with Crippen LogP contribution in [-0.2, 0) is 16.0 Å². The minimum Gasteiger partial charge on any atom is -0.497 e. The summed E-state index contributed by atoms with van der Waals surface area (Å²) >= 11 is 0. The summed E-state index contributed by atoms with van der Waals surface area (Å²) < 4.78 is 11.4. The van der Waals surface area contributed by atoms with Crippen molar-refractivity contribution < 1.29 is 19.1 Å². The summed E-state index contributed by atoms with van der Waals surface area (Å²) in [5.41, 5.74) is 1.92. The largest absolute Gasteiger partial charge is 0.497 e. The van der Waals surface area contributed by atoms with Crippen molar-refractivity contribution in [2.75, 3.05) is 26.8 Å². The zero-order valence-corrected chi connectivity index (χ0v) is 20.3. The van der Waals surface area contributed by atoms with Crippen LogP contribution in [0.4, 0.5) is 0 Å². The van der Waals surface area contributed by atoms with E-state index in [0.29, 0.717) is 38.2 Å². The summed E-state index contributed by atoms with van der Waals surface area (Å²) in [6, 6.07) is 16.0. The van der Waals surface area contributed by atoms with E-state index >= 15 is 0 Å². The molecular formula is C28H36N2O4. The van der Waals surface area contributed by atoms with Crippen molar-refractivity contribution >= 4 is 11.8 Å². The van der Waals surface area contributed by atoms with Gasteiger partial charge in [-0.2, -0.15) is 0 Å². The second kappa shape index (κ2) is 10.9. The smallest absolute Gasteiger partial charge is 0.222 e. The Labute approximate surface area is 202 Å². The standard InChI is InChI=1S/C28H36N2O4/c1-21-6-3-10-25(16-21)34-20-23-8-5-15-30(19-23)27(32)12-14-28(13-11-26(31)29-28)18-22-7-4-9-24(17-22)33-2/h3-4,6-7,9-10,16-17,23H,5,8,11-15,18-20H2,1-2H3,(H,29,31)/t23-,28-/m0/s1. The molecule has 2 heterocycles. The van der Waals surface area contributed by atoms with Crippen LogP contribution < -0.4 is 14.8 Å². The molecule has 0 spiro atoms. The molecule has 2 atom stereocenters. The van der Waals surface area contributed by atoms with Gasteiger partial charge in [-0.15, -0.1) is 0 Å². The molecule has 4 rings (SSSR count). The summed E-state index contributed by atoms with van der Waals surface area (Å²) in [5.74, 6) is 2.28. The van der Waals surface area contributed by atoms with E-state index in [2.05, 4.69) is 24.4 Å². The highest BCUT2D eigenvalue weighted by Crippen LogP contribution is 2.31. The molecule has 0 aromatic heterocycles. The summed E-state index contributed by atoms with van der Waals surface area (Å²) in [7, 11) is 1.66. The van der Waals surface area contributed by atoms with Gasteiger partial charge in [-0.05, 0) is 74.4 Å². The van der Waals surface area contributed by atoms with Crippen LogP contribution >= 0.6 is 0 Å². The molecule has 182 valence electrons. The molecule has 6 nitrogen and oxygen atoms in total. The number of amides is 2. The lowest BCUT2D eigenvalue weighted by molar-refractivity contribution is -0.134. The summed E-state index contributed by atoms with van der Waals surface area (Å²) in [4.78, 5) is 27.3. The van der Waals surface area contributed by atoms with Gasteiger partial charge in [0.2, 0.25) is 11.8 Å². The number of rotatable bonds is 9. The molecule has 6 heteroatoms. The van der Waals surface area contributed by atoms with E-state index in [1.165, 1.54) is 5.56 Å². The van der Waals surface area contributed by atoms with Crippen molar-refractivity contribution in [3.8, 4) is 11.5 Å². The molecule has 0 bridgehead atoms. The predicted molar refractivity (Wildman–Crippen MR) is 132 cm³/mol. The average Bonchev–Trinajstić information content (AvgIpc) is 3.22. The maximum atomic E-state index is 13.1. The topological polar surface area (TPSA) is 67.9 Å². The Bertz CT molecular complexity index is 1010. The van der Waals surface area contributed by atoms with Crippen molar-refractivity contribution in [3.63, 3.8) is 0 Å². The van der Waals surface area contributed by atoms with Gasteiger partial charge >= 0.3 is 0 Å². The second-order valence-electron chi connectivity index (χ2n) is 9.83. The van der Waals surface area contributed by atoms with Crippen LogP contribution in [0, 0.1) is 12.8 Å². The zero-order chi connectivity index (χ0) is 24.0. The Kier molecular flexibility index (Phi) is 7.76. The molecule has 2 aliphatic rings. The maximum absolute atomic E-state index is 13.1. The van der Waals surface area contributed by atoms with Crippen molar-refractivity contribution in [1.82, 2.24) is 10.2 Å². The van der Waals surface area contributed by atoms with Gasteiger partial charge in [0.25, 0.3) is 0 Å². The number of carbonyl (C=O) groups excluding carboxylic acids is 2. The number of likely N-dealkylation sites (tertiary alicyclic amines) is 1. The third kappa shape index (κ3) is 6.31. The minimum absolute atomic E-state index is 0.0710. The number of piperidine rings is 1. The number of benzene rings is 2. The number of hydrogen-bond acceptors (Lipinski definition) is 4. The van der Waals surface area contributed by atoms with E-state index in [4.69, 9.17) is 9.47 Å². The van der Waals surface area contributed by atoms with Crippen LogP contribution in [-0.4, -0.2) is 49.1 Å². The Hall–Kier alpha value is -3.02. The highest BCUT2D eigenvalue weighted by molar-refractivity contribution is 5.80. The van der Waals surface area contributed by atoms with Crippen LogP contribution in [0.1, 0.15) is 49.7 Å². The number of aryl methyl sites for hydroxylation is 1. The van der Waals surface area contributed by atoms with E-state index in [0.717, 1.165) is 49.4 Å². The van der Waals surface area contributed by atoms with Gasteiger partial charge in [0, 0.05) is 37.4 Å². The van der Waals surface area contributed by atoms with E-state index in [1.54, 1.807) is 7.11 Å². The number of carbonyl (C=O) groups is 2. The van der Waals surface area contributed by atoms with E-state index in [9.17, 15) is 9.59 Å². The summed E-state index contributed by atoms with van der Waals surface area (Å²) in [6.07, 6.45) is 5.13. The molecule has 34 heavy (non-hydrogen) atoms. The quantitative estimate of drug-likeness (QED) is 0.601. The monoisotopic (exact) mass is 464 g/mol. The van der Waals surface area contributed by atoms with Gasteiger partial charge < -0.3 is 19.7 Å². The van der Waals surface area contributed by atoms with Gasteiger partial charge in [0.1, 0.15) is 11.5 Å². The van der Waals surface area contributed by atoms with E-state index in [-0.39, 0.29) is 17.4 Å². The van der Waals surface area contributed by atoms with Crippen LogP contribution in [0.2, 0.25) is 0 Å². The fourth-order valence-electron chi connectivity index (χ4n) is 5.21. The van der Waals surface area contributed by atoms with Gasteiger partial charge in [-0.1, -0.05) is 24.3 Å². The van der Waals surface area contributed by atoms with Crippen LogP contribution in [0.3, 0.4) is 0 Å². The molecule has 2 aromatic carbocycles. The highest BCUT2D eigenvalue weighted by atomic mass is 16.5. The van der Waals surface area contributed by atoms with Gasteiger partial charge in [0.15, 0.2) is 0 Å². The fraction of sp³-hybridized carbons (Fsp3) is 0.500. The number of hydrogen-bond donors (Lipinski definition) is 1. The predicted octanol–water partition coefficient (Wildman–Crippen LogP) is 4.29. The molecule has 0 aliphatic carbocycles. The first-order chi connectivity index (χ1) is 16.4. The molecule has 0 saturated carbocycles. The van der Waals surface area contributed by atoms with Gasteiger partial charge in [-0.25, -0.2) is 0 Å².